The van der Waals surface area contributed by atoms with E-state index in [0.29, 0.717) is 44.8 Å². The summed E-state index contributed by atoms with van der Waals surface area (Å²) in [5, 5.41) is 6.94. The van der Waals surface area contributed by atoms with Crippen LogP contribution in [-0.4, -0.2) is 39.9 Å². The highest BCUT2D eigenvalue weighted by Gasteiger charge is 2.17. The molecule has 0 amide bonds. The van der Waals surface area contributed by atoms with Gasteiger partial charge in [0, 0.05) is 41.1 Å². The summed E-state index contributed by atoms with van der Waals surface area (Å²) in [5.74, 6) is 1.84. The van der Waals surface area contributed by atoms with Gasteiger partial charge in [-0.2, -0.15) is 0 Å². The van der Waals surface area contributed by atoms with Crippen LogP contribution in [0.3, 0.4) is 0 Å². The monoisotopic (exact) mass is 691 g/mol. The second-order valence-electron chi connectivity index (χ2n) is 9.94. The van der Waals surface area contributed by atoms with Gasteiger partial charge in [-0.25, -0.2) is 29.9 Å². The molecule has 7 rings (SSSR count). The average Bonchev–Trinajstić information content (AvgIpc) is 3.51. The van der Waals surface area contributed by atoms with Gasteiger partial charge in [0.2, 0.25) is 0 Å². The molecule has 0 aliphatic heterocycles. The number of benzene rings is 1. The summed E-state index contributed by atoms with van der Waals surface area (Å²) in [7, 11) is 0. The van der Waals surface area contributed by atoms with Crippen molar-refractivity contribution in [1.82, 2.24) is 39.9 Å². The molecule has 0 saturated heterocycles. The normalized spacial score (nSPS) is 11.1. The van der Waals surface area contributed by atoms with E-state index in [1.165, 1.54) is 15.3 Å². The molecule has 6 aromatic heterocycles. The summed E-state index contributed by atoms with van der Waals surface area (Å²) >= 11 is 21.6. The van der Waals surface area contributed by atoms with Crippen LogP contribution in [0.25, 0.3) is 43.5 Å². The zero-order valence-corrected chi connectivity index (χ0v) is 28.3. The molecule has 0 radical (unpaired) electrons. The highest BCUT2D eigenvalue weighted by atomic mass is 35.5. The zero-order valence-electron chi connectivity index (χ0n) is 24.4. The molecule has 0 saturated carbocycles. The number of aryl methyl sites for hydroxylation is 4. The molecule has 0 atom stereocenters. The fraction of sp³-hybridized carbons (Fsp3) is 0.161. The second kappa shape index (κ2) is 13.2. The Kier molecular flexibility index (Phi) is 9.16. The molecule has 0 aliphatic carbocycles. The van der Waals surface area contributed by atoms with Crippen molar-refractivity contribution in [1.29, 1.82) is 0 Å². The SMILES string of the molecule is Cc1sc2nc(-c3cnccn3)nc(Cl)c2c1C.Cc1sc2nc(-c3cnccn3)nc(NCc3ccc(Cl)c(Cl)c3)c2c1C. The molecule has 0 fully saturated rings. The van der Waals surface area contributed by atoms with E-state index in [4.69, 9.17) is 44.8 Å². The first-order chi connectivity index (χ1) is 21.7. The van der Waals surface area contributed by atoms with E-state index in [1.54, 1.807) is 65.9 Å². The topological polar surface area (TPSA) is 115 Å². The number of hydrogen-bond acceptors (Lipinski definition) is 11. The van der Waals surface area contributed by atoms with Gasteiger partial charge in [0.15, 0.2) is 11.6 Å². The molecule has 7 aromatic rings. The number of halogens is 3. The third kappa shape index (κ3) is 6.58. The van der Waals surface area contributed by atoms with E-state index in [2.05, 4.69) is 56.0 Å². The predicted octanol–water partition coefficient (Wildman–Crippen LogP) is 9.10. The Balaban J connectivity index is 0.000000172. The summed E-state index contributed by atoms with van der Waals surface area (Å²) in [6, 6.07) is 5.58. The Morgan fingerprint density at radius 3 is 1.82 bits per heavy atom. The predicted molar refractivity (Wildman–Crippen MR) is 185 cm³/mol. The van der Waals surface area contributed by atoms with Crippen molar-refractivity contribution in [2.75, 3.05) is 5.32 Å². The number of aromatic nitrogens is 8. The summed E-state index contributed by atoms with van der Waals surface area (Å²) in [5.41, 5.74) is 4.61. The summed E-state index contributed by atoms with van der Waals surface area (Å²) in [6.07, 6.45) is 9.79. The Morgan fingerprint density at radius 2 is 1.24 bits per heavy atom. The van der Waals surface area contributed by atoms with Crippen LogP contribution < -0.4 is 5.32 Å². The van der Waals surface area contributed by atoms with Gasteiger partial charge in [-0.15, -0.1) is 22.7 Å². The first kappa shape index (κ1) is 31.1. The molecule has 0 bridgehead atoms. The van der Waals surface area contributed by atoms with Crippen LogP contribution in [0.5, 0.6) is 0 Å². The van der Waals surface area contributed by atoms with Crippen LogP contribution in [0, 0.1) is 27.7 Å². The molecule has 14 heteroatoms. The van der Waals surface area contributed by atoms with Crippen molar-refractivity contribution in [3.8, 4) is 23.0 Å². The molecule has 6 heterocycles. The van der Waals surface area contributed by atoms with Crippen molar-refractivity contribution >= 4 is 83.7 Å². The first-order valence-corrected chi connectivity index (χ1v) is 16.4. The van der Waals surface area contributed by atoms with E-state index in [-0.39, 0.29) is 0 Å². The van der Waals surface area contributed by atoms with Gasteiger partial charge in [-0.1, -0.05) is 40.9 Å². The van der Waals surface area contributed by atoms with E-state index in [9.17, 15) is 0 Å². The van der Waals surface area contributed by atoms with Crippen molar-refractivity contribution in [2.24, 2.45) is 0 Å². The zero-order chi connectivity index (χ0) is 31.7. The van der Waals surface area contributed by atoms with Crippen LogP contribution in [0.2, 0.25) is 15.2 Å². The fourth-order valence-corrected chi connectivity index (χ4v) is 7.22. The lowest BCUT2D eigenvalue weighted by Gasteiger charge is -2.10. The molecule has 1 aromatic carbocycles. The summed E-state index contributed by atoms with van der Waals surface area (Å²) in [4.78, 5) is 39.1. The van der Waals surface area contributed by atoms with E-state index in [0.717, 1.165) is 37.4 Å². The Morgan fingerprint density at radius 1 is 0.667 bits per heavy atom. The molecule has 1 N–H and O–H groups in total. The highest BCUT2D eigenvalue weighted by molar-refractivity contribution is 7.19. The molecule has 226 valence electrons. The van der Waals surface area contributed by atoms with E-state index in [1.807, 2.05) is 19.1 Å². The van der Waals surface area contributed by atoms with Crippen LogP contribution >= 0.6 is 57.5 Å². The largest absolute Gasteiger partial charge is 0.365 e. The van der Waals surface area contributed by atoms with Gasteiger partial charge in [0.25, 0.3) is 0 Å². The maximum Gasteiger partial charge on any atom is 0.183 e. The lowest BCUT2D eigenvalue weighted by Crippen LogP contribution is -2.04. The maximum absolute atomic E-state index is 6.24. The van der Waals surface area contributed by atoms with Crippen molar-refractivity contribution < 1.29 is 0 Å². The van der Waals surface area contributed by atoms with Gasteiger partial charge in [-0.05, 0) is 56.5 Å². The summed E-state index contributed by atoms with van der Waals surface area (Å²) in [6.45, 7) is 8.83. The van der Waals surface area contributed by atoms with Crippen LogP contribution in [-0.2, 0) is 6.54 Å². The molecular formula is C31H24Cl3N9S2. The Hall–Kier alpha value is -3.87. The van der Waals surface area contributed by atoms with Crippen molar-refractivity contribution in [2.45, 2.75) is 34.2 Å². The average molecular weight is 693 g/mol. The number of fused-ring (bicyclic) bond motifs is 2. The minimum atomic E-state index is 0.475. The van der Waals surface area contributed by atoms with Crippen LogP contribution in [0.1, 0.15) is 26.4 Å². The van der Waals surface area contributed by atoms with Crippen LogP contribution in [0.4, 0.5) is 5.82 Å². The molecule has 0 unspecified atom stereocenters. The van der Waals surface area contributed by atoms with Gasteiger partial charge in [-0.3, -0.25) is 9.97 Å². The Labute approximate surface area is 281 Å². The van der Waals surface area contributed by atoms with Gasteiger partial charge >= 0.3 is 0 Å². The van der Waals surface area contributed by atoms with Crippen molar-refractivity contribution in [3.05, 3.63) is 97.0 Å². The van der Waals surface area contributed by atoms with E-state index >= 15 is 0 Å². The minimum absolute atomic E-state index is 0.475. The number of hydrogen-bond donors (Lipinski definition) is 1. The number of rotatable bonds is 5. The minimum Gasteiger partial charge on any atom is -0.365 e. The molecule has 45 heavy (non-hydrogen) atoms. The standard InChI is InChI=1S/C19H15Cl2N5S.C12H9ClN4S/c1-10-11(2)27-19-16(10)18(24-8-12-3-4-13(20)14(21)7-12)25-17(26-19)15-9-22-5-6-23-15;1-6-7(2)18-12-9(6)10(13)16-11(17-12)8-5-14-3-4-15-8/h3-7,9H,8H2,1-2H3,(H,24,25,26);3-5H,1-2H3. The second-order valence-corrected chi connectivity index (χ2v) is 13.5. The fourth-order valence-electron chi connectivity index (χ4n) is 4.47. The van der Waals surface area contributed by atoms with Gasteiger partial charge in [0.1, 0.15) is 32.0 Å². The highest BCUT2D eigenvalue weighted by Crippen LogP contribution is 2.36. The number of nitrogens with zero attached hydrogens (tertiary/aromatic N) is 8. The quantitative estimate of drug-likeness (QED) is 0.176. The lowest BCUT2D eigenvalue weighted by atomic mass is 10.2. The molecule has 0 spiro atoms. The number of nitrogens with one attached hydrogen (secondary N) is 1. The molecule has 0 aliphatic rings. The smallest absolute Gasteiger partial charge is 0.183 e. The first-order valence-electron chi connectivity index (χ1n) is 13.6. The molecule has 9 nitrogen and oxygen atoms in total. The maximum atomic E-state index is 6.24. The van der Waals surface area contributed by atoms with Crippen molar-refractivity contribution in [3.63, 3.8) is 0 Å². The summed E-state index contributed by atoms with van der Waals surface area (Å²) < 4.78 is 0. The van der Waals surface area contributed by atoms with Gasteiger partial charge in [0.05, 0.1) is 33.2 Å². The van der Waals surface area contributed by atoms with Gasteiger partial charge < -0.3 is 5.32 Å². The van der Waals surface area contributed by atoms with Crippen LogP contribution in [0.15, 0.2) is 55.4 Å². The Bertz CT molecular complexity index is 2150. The lowest BCUT2D eigenvalue weighted by molar-refractivity contribution is 1.09. The third-order valence-electron chi connectivity index (χ3n) is 7.04. The third-order valence-corrected chi connectivity index (χ3v) is 10.3. The van der Waals surface area contributed by atoms with E-state index < -0.39 is 0 Å². The number of anilines is 1. The number of thiophene rings is 2. The molecular weight excluding hydrogens is 669 g/mol.